The van der Waals surface area contributed by atoms with Crippen molar-refractivity contribution >= 4 is 5.82 Å². The lowest BCUT2D eigenvalue weighted by atomic mass is 10.0. The highest BCUT2D eigenvalue weighted by molar-refractivity contribution is 5.72. The van der Waals surface area contributed by atoms with E-state index >= 15 is 0 Å². The van der Waals surface area contributed by atoms with Crippen molar-refractivity contribution in [1.82, 2.24) is 9.97 Å². The van der Waals surface area contributed by atoms with Gasteiger partial charge in [-0.25, -0.2) is 4.98 Å². The first-order valence-corrected chi connectivity index (χ1v) is 11.3. The monoisotopic (exact) mass is 427 g/mol. The Hall–Kier alpha value is -3.43. The molecule has 0 saturated carbocycles. The van der Waals surface area contributed by atoms with E-state index in [4.69, 9.17) is 10.5 Å². The third-order valence-electron chi connectivity index (χ3n) is 5.75. The molecule has 0 spiro atoms. The molecular weight excluding hydrogens is 398 g/mol. The summed E-state index contributed by atoms with van der Waals surface area (Å²) in [7, 11) is 0. The minimum absolute atomic E-state index is 0.493. The molecule has 1 aliphatic rings. The highest BCUT2D eigenvalue weighted by atomic mass is 16.5. The first kappa shape index (κ1) is 21.8. The molecule has 2 N–H and O–H groups in total. The van der Waals surface area contributed by atoms with E-state index < -0.39 is 0 Å². The number of hydrogen-bond acceptors (Lipinski definition) is 6. The maximum Gasteiger partial charge on any atom is 0.224 e. The van der Waals surface area contributed by atoms with E-state index in [1.807, 2.05) is 25.1 Å². The molecule has 0 amide bonds. The SMILES string of the molecule is Cc1nc(Oc2cc(C#N)ccc2-c2ccc(CCN)cc2)cc(N2CCCCCC2)n1. The number of aromatic nitrogens is 2. The highest BCUT2D eigenvalue weighted by Gasteiger charge is 2.15. The van der Waals surface area contributed by atoms with Gasteiger partial charge in [-0.3, -0.25) is 0 Å². The molecular formula is C26H29N5O. The number of nitrogens with two attached hydrogens (primary N) is 1. The Balaban J connectivity index is 1.67. The fraction of sp³-hybridized carbons (Fsp3) is 0.346. The van der Waals surface area contributed by atoms with E-state index in [0.29, 0.717) is 29.6 Å². The summed E-state index contributed by atoms with van der Waals surface area (Å²) in [5.74, 6) is 2.67. The van der Waals surface area contributed by atoms with E-state index in [1.54, 1.807) is 6.07 Å². The molecule has 1 saturated heterocycles. The van der Waals surface area contributed by atoms with Crippen LogP contribution in [0.2, 0.25) is 0 Å². The zero-order valence-electron chi connectivity index (χ0n) is 18.6. The van der Waals surface area contributed by atoms with Crippen LogP contribution in [-0.4, -0.2) is 29.6 Å². The van der Waals surface area contributed by atoms with Crippen LogP contribution >= 0.6 is 0 Å². The van der Waals surface area contributed by atoms with Crippen LogP contribution in [0.3, 0.4) is 0 Å². The van der Waals surface area contributed by atoms with Gasteiger partial charge in [-0.05, 0) is 62.1 Å². The smallest absolute Gasteiger partial charge is 0.224 e. The predicted molar refractivity (Wildman–Crippen MR) is 127 cm³/mol. The third kappa shape index (κ3) is 5.24. The molecule has 0 atom stereocenters. The molecule has 4 rings (SSSR count). The van der Waals surface area contributed by atoms with Gasteiger partial charge in [0.1, 0.15) is 17.4 Å². The average molecular weight is 428 g/mol. The van der Waals surface area contributed by atoms with Crippen LogP contribution in [-0.2, 0) is 6.42 Å². The van der Waals surface area contributed by atoms with E-state index in [9.17, 15) is 5.26 Å². The molecule has 3 aromatic rings. The molecule has 0 bridgehead atoms. The van der Waals surface area contributed by atoms with Crippen molar-refractivity contribution in [3.05, 3.63) is 65.5 Å². The van der Waals surface area contributed by atoms with Gasteiger partial charge in [0.2, 0.25) is 5.88 Å². The Kier molecular flexibility index (Phi) is 6.98. The van der Waals surface area contributed by atoms with Gasteiger partial charge in [0.25, 0.3) is 0 Å². The number of nitriles is 1. The Labute approximate surface area is 189 Å². The second-order valence-corrected chi connectivity index (χ2v) is 8.17. The van der Waals surface area contributed by atoms with Gasteiger partial charge in [-0.1, -0.05) is 37.1 Å². The molecule has 2 aromatic carbocycles. The van der Waals surface area contributed by atoms with Crippen LogP contribution in [0, 0.1) is 18.3 Å². The molecule has 1 aliphatic heterocycles. The van der Waals surface area contributed by atoms with Crippen LogP contribution in [0.15, 0.2) is 48.5 Å². The van der Waals surface area contributed by atoms with Gasteiger partial charge >= 0.3 is 0 Å². The largest absolute Gasteiger partial charge is 0.438 e. The number of aryl methyl sites for hydroxylation is 1. The zero-order valence-corrected chi connectivity index (χ0v) is 18.6. The lowest BCUT2D eigenvalue weighted by molar-refractivity contribution is 0.461. The lowest BCUT2D eigenvalue weighted by Crippen LogP contribution is -2.25. The average Bonchev–Trinajstić information content (AvgIpc) is 3.09. The van der Waals surface area contributed by atoms with Crippen molar-refractivity contribution in [1.29, 1.82) is 5.26 Å². The summed E-state index contributed by atoms with van der Waals surface area (Å²) in [4.78, 5) is 11.5. The first-order valence-electron chi connectivity index (χ1n) is 11.3. The zero-order chi connectivity index (χ0) is 22.3. The van der Waals surface area contributed by atoms with E-state index in [2.05, 4.69) is 45.2 Å². The Morgan fingerprint density at radius 3 is 2.44 bits per heavy atom. The van der Waals surface area contributed by atoms with Gasteiger partial charge in [0, 0.05) is 24.7 Å². The summed E-state index contributed by atoms with van der Waals surface area (Å²) >= 11 is 0. The van der Waals surface area contributed by atoms with E-state index in [-0.39, 0.29) is 0 Å². The number of hydrogen-bond donors (Lipinski definition) is 1. The van der Waals surface area contributed by atoms with Crippen molar-refractivity contribution in [2.24, 2.45) is 5.73 Å². The topological polar surface area (TPSA) is 88.1 Å². The van der Waals surface area contributed by atoms with E-state index in [1.165, 1.54) is 31.2 Å². The van der Waals surface area contributed by atoms with Gasteiger partial charge in [0.05, 0.1) is 11.6 Å². The van der Waals surface area contributed by atoms with Gasteiger partial charge in [0.15, 0.2) is 0 Å². The second-order valence-electron chi connectivity index (χ2n) is 8.17. The summed E-state index contributed by atoms with van der Waals surface area (Å²) in [5, 5.41) is 9.42. The molecule has 0 radical (unpaired) electrons. The first-order chi connectivity index (χ1) is 15.7. The van der Waals surface area contributed by atoms with Crippen molar-refractivity contribution in [2.75, 3.05) is 24.5 Å². The van der Waals surface area contributed by atoms with Gasteiger partial charge < -0.3 is 15.4 Å². The Morgan fingerprint density at radius 2 is 1.75 bits per heavy atom. The molecule has 1 aromatic heterocycles. The van der Waals surface area contributed by atoms with E-state index in [0.717, 1.165) is 36.5 Å². The standard InChI is InChI=1S/C26H29N5O/c1-19-29-25(31-14-4-2-3-5-15-31)17-26(30-19)32-24-16-21(18-28)8-11-23(24)22-9-6-20(7-10-22)12-13-27/h6-11,16-17H,2-5,12-15,27H2,1H3. The third-order valence-corrected chi connectivity index (χ3v) is 5.75. The van der Waals surface area contributed by atoms with Crippen molar-refractivity contribution in [2.45, 2.75) is 39.0 Å². The molecule has 1 fully saturated rings. The van der Waals surface area contributed by atoms with Crippen LogP contribution in [0.1, 0.15) is 42.6 Å². The van der Waals surface area contributed by atoms with Crippen molar-refractivity contribution in [3.8, 4) is 28.8 Å². The summed E-state index contributed by atoms with van der Waals surface area (Å²) in [5.41, 5.74) is 9.34. The summed E-state index contributed by atoms with van der Waals surface area (Å²) in [6.45, 7) is 4.51. The molecule has 164 valence electrons. The van der Waals surface area contributed by atoms with Crippen LogP contribution in [0.5, 0.6) is 11.6 Å². The predicted octanol–water partition coefficient (Wildman–Crippen LogP) is 5.00. The molecule has 6 heteroatoms. The van der Waals surface area contributed by atoms with Crippen LogP contribution in [0.25, 0.3) is 11.1 Å². The summed E-state index contributed by atoms with van der Waals surface area (Å²) < 4.78 is 6.28. The molecule has 0 unspecified atom stereocenters. The highest BCUT2D eigenvalue weighted by Crippen LogP contribution is 2.35. The van der Waals surface area contributed by atoms with Crippen LogP contribution in [0.4, 0.5) is 5.82 Å². The molecule has 2 heterocycles. The minimum atomic E-state index is 0.493. The number of rotatable bonds is 6. The Bertz CT molecular complexity index is 1100. The fourth-order valence-corrected chi connectivity index (χ4v) is 4.08. The molecule has 6 nitrogen and oxygen atoms in total. The number of nitrogens with zero attached hydrogens (tertiary/aromatic N) is 4. The maximum atomic E-state index is 9.42. The summed E-state index contributed by atoms with van der Waals surface area (Å²) in [6.07, 6.45) is 5.72. The number of ether oxygens (including phenoxy) is 1. The minimum Gasteiger partial charge on any atom is -0.438 e. The molecule has 0 aliphatic carbocycles. The molecule has 32 heavy (non-hydrogen) atoms. The van der Waals surface area contributed by atoms with Crippen molar-refractivity contribution in [3.63, 3.8) is 0 Å². The van der Waals surface area contributed by atoms with Crippen LogP contribution < -0.4 is 15.4 Å². The van der Waals surface area contributed by atoms with Gasteiger partial charge in [-0.2, -0.15) is 10.2 Å². The maximum absolute atomic E-state index is 9.42. The number of benzene rings is 2. The lowest BCUT2D eigenvalue weighted by Gasteiger charge is -2.22. The van der Waals surface area contributed by atoms with Gasteiger partial charge in [-0.15, -0.1) is 0 Å². The normalized spacial score (nSPS) is 14.0. The van der Waals surface area contributed by atoms with Crippen molar-refractivity contribution < 1.29 is 4.74 Å². The summed E-state index contributed by atoms with van der Waals surface area (Å²) in [6, 6.07) is 17.9. The number of anilines is 1. The Morgan fingerprint density at radius 1 is 1.00 bits per heavy atom. The quantitative estimate of drug-likeness (QED) is 0.596. The fourth-order valence-electron chi connectivity index (χ4n) is 4.08. The second kappa shape index (κ2) is 10.3.